The monoisotopic (exact) mass is 243 g/mol. The number of amides is 1. The van der Waals surface area contributed by atoms with E-state index in [1.807, 2.05) is 20.8 Å². The van der Waals surface area contributed by atoms with Gasteiger partial charge in [-0.05, 0) is 33.1 Å². The Kier molecular flexibility index (Phi) is 6.21. The van der Waals surface area contributed by atoms with Crippen molar-refractivity contribution in [3.05, 3.63) is 0 Å². The SMILES string of the molecule is CC(C)CCC(=O)N(CCC(=O)O)C(C)(C)C. The fraction of sp³-hybridized carbons (Fsp3) is 0.846. The molecule has 0 atom stereocenters. The Bertz CT molecular complexity index is 266. The summed E-state index contributed by atoms with van der Waals surface area (Å²) < 4.78 is 0. The van der Waals surface area contributed by atoms with Crippen LogP contribution in [-0.4, -0.2) is 34.0 Å². The molecule has 0 saturated heterocycles. The molecule has 0 unspecified atom stereocenters. The number of hydrogen-bond acceptors (Lipinski definition) is 2. The highest BCUT2D eigenvalue weighted by atomic mass is 16.4. The first-order chi connectivity index (χ1) is 7.64. The highest BCUT2D eigenvalue weighted by Gasteiger charge is 2.26. The van der Waals surface area contributed by atoms with E-state index in [-0.39, 0.29) is 24.4 Å². The van der Waals surface area contributed by atoms with Crippen LogP contribution < -0.4 is 0 Å². The third-order valence-corrected chi connectivity index (χ3v) is 2.60. The Labute approximate surface area is 104 Å². The number of aliphatic carboxylic acids is 1. The van der Waals surface area contributed by atoms with Gasteiger partial charge in [-0.2, -0.15) is 0 Å². The number of nitrogens with zero attached hydrogens (tertiary/aromatic N) is 1. The van der Waals surface area contributed by atoms with Gasteiger partial charge in [0.1, 0.15) is 0 Å². The Balaban J connectivity index is 4.47. The lowest BCUT2D eigenvalue weighted by Gasteiger charge is -2.35. The molecule has 1 N–H and O–H groups in total. The van der Waals surface area contributed by atoms with Crippen LogP contribution in [0.4, 0.5) is 0 Å². The summed E-state index contributed by atoms with van der Waals surface area (Å²) in [6.07, 6.45) is 1.34. The largest absolute Gasteiger partial charge is 0.481 e. The first-order valence-corrected chi connectivity index (χ1v) is 6.17. The van der Waals surface area contributed by atoms with E-state index in [2.05, 4.69) is 13.8 Å². The van der Waals surface area contributed by atoms with Crippen molar-refractivity contribution in [3.63, 3.8) is 0 Å². The molecule has 0 spiro atoms. The topological polar surface area (TPSA) is 57.6 Å². The second-order valence-corrected chi connectivity index (χ2v) is 5.79. The van der Waals surface area contributed by atoms with E-state index in [0.717, 1.165) is 6.42 Å². The maximum atomic E-state index is 12.0. The van der Waals surface area contributed by atoms with Crippen molar-refractivity contribution in [3.8, 4) is 0 Å². The number of carboxylic acids is 1. The van der Waals surface area contributed by atoms with Gasteiger partial charge in [0, 0.05) is 18.5 Å². The van der Waals surface area contributed by atoms with Crippen molar-refractivity contribution in [2.45, 2.75) is 59.4 Å². The molecule has 0 aromatic rings. The number of carboxylic acid groups (broad SMARTS) is 1. The third kappa shape index (κ3) is 6.97. The van der Waals surface area contributed by atoms with Crippen LogP contribution in [0.3, 0.4) is 0 Å². The lowest BCUT2D eigenvalue weighted by Crippen LogP contribution is -2.46. The molecule has 17 heavy (non-hydrogen) atoms. The van der Waals surface area contributed by atoms with Crippen molar-refractivity contribution in [1.29, 1.82) is 0 Å². The molecule has 4 heteroatoms. The fourth-order valence-electron chi connectivity index (χ4n) is 1.59. The van der Waals surface area contributed by atoms with Crippen LogP contribution in [0.15, 0.2) is 0 Å². The van der Waals surface area contributed by atoms with E-state index in [1.54, 1.807) is 4.90 Å². The van der Waals surface area contributed by atoms with E-state index in [0.29, 0.717) is 12.3 Å². The molecule has 0 aliphatic heterocycles. The molecular formula is C13H25NO3. The van der Waals surface area contributed by atoms with E-state index < -0.39 is 5.97 Å². The zero-order valence-corrected chi connectivity index (χ0v) is 11.6. The zero-order valence-electron chi connectivity index (χ0n) is 11.6. The molecule has 0 fully saturated rings. The average Bonchev–Trinajstić information content (AvgIpc) is 2.12. The third-order valence-electron chi connectivity index (χ3n) is 2.60. The van der Waals surface area contributed by atoms with Crippen molar-refractivity contribution in [1.82, 2.24) is 4.90 Å². The van der Waals surface area contributed by atoms with Gasteiger partial charge in [0.15, 0.2) is 0 Å². The van der Waals surface area contributed by atoms with Crippen LogP contribution in [0, 0.1) is 5.92 Å². The number of carbonyl (C=O) groups excluding carboxylic acids is 1. The molecule has 0 aromatic carbocycles. The molecule has 0 heterocycles. The summed E-state index contributed by atoms with van der Waals surface area (Å²) in [5.74, 6) is -0.330. The minimum Gasteiger partial charge on any atom is -0.481 e. The van der Waals surface area contributed by atoms with Crippen LogP contribution in [-0.2, 0) is 9.59 Å². The smallest absolute Gasteiger partial charge is 0.305 e. The van der Waals surface area contributed by atoms with Crippen LogP contribution in [0.5, 0.6) is 0 Å². The molecule has 0 bridgehead atoms. The highest BCUT2D eigenvalue weighted by Crippen LogP contribution is 2.17. The van der Waals surface area contributed by atoms with Gasteiger partial charge in [-0.25, -0.2) is 0 Å². The predicted octanol–water partition coefficient (Wildman–Crippen LogP) is 2.52. The van der Waals surface area contributed by atoms with Crippen molar-refractivity contribution < 1.29 is 14.7 Å². The summed E-state index contributed by atoms with van der Waals surface area (Å²) in [6.45, 7) is 10.2. The van der Waals surface area contributed by atoms with E-state index >= 15 is 0 Å². The Morgan fingerprint density at radius 2 is 1.71 bits per heavy atom. The Hall–Kier alpha value is -1.06. The second-order valence-electron chi connectivity index (χ2n) is 5.79. The zero-order chi connectivity index (χ0) is 13.6. The molecule has 1 amide bonds. The minimum atomic E-state index is -0.865. The standard InChI is InChI=1S/C13H25NO3/c1-10(2)6-7-11(15)14(13(3,4)5)9-8-12(16)17/h10H,6-9H2,1-5H3,(H,16,17). The fourth-order valence-corrected chi connectivity index (χ4v) is 1.59. The first kappa shape index (κ1) is 15.9. The van der Waals surface area contributed by atoms with E-state index in [1.165, 1.54) is 0 Å². The van der Waals surface area contributed by atoms with Crippen LogP contribution in [0.2, 0.25) is 0 Å². The molecule has 0 aromatic heterocycles. The predicted molar refractivity (Wildman–Crippen MR) is 67.8 cm³/mol. The normalized spacial score (nSPS) is 11.6. The Morgan fingerprint density at radius 1 is 1.18 bits per heavy atom. The summed E-state index contributed by atoms with van der Waals surface area (Å²) in [7, 11) is 0. The average molecular weight is 243 g/mol. The molecule has 100 valence electrons. The molecule has 0 aliphatic rings. The molecule has 0 aliphatic carbocycles. The molecule has 0 saturated carbocycles. The molecule has 0 rings (SSSR count). The van der Waals surface area contributed by atoms with Gasteiger partial charge in [-0.15, -0.1) is 0 Å². The Morgan fingerprint density at radius 3 is 2.06 bits per heavy atom. The van der Waals surface area contributed by atoms with Gasteiger partial charge in [-0.3, -0.25) is 9.59 Å². The molecule has 0 radical (unpaired) electrons. The maximum Gasteiger partial charge on any atom is 0.305 e. The van der Waals surface area contributed by atoms with Gasteiger partial charge in [0.2, 0.25) is 5.91 Å². The van der Waals surface area contributed by atoms with Gasteiger partial charge in [0.05, 0.1) is 6.42 Å². The summed E-state index contributed by atoms with van der Waals surface area (Å²) in [6, 6.07) is 0. The highest BCUT2D eigenvalue weighted by molar-refractivity contribution is 5.77. The van der Waals surface area contributed by atoms with Crippen molar-refractivity contribution in [2.24, 2.45) is 5.92 Å². The molecule has 4 nitrogen and oxygen atoms in total. The van der Waals surface area contributed by atoms with Gasteiger partial charge in [0.25, 0.3) is 0 Å². The summed E-state index contributed by atoms with van der Waals surface area (Å²) in [5.41, 5.74) is -0.316. The van der Waals surface area contributed by atoms with E-state index in [4.69, 9.17) is 5.11 Å². The van der Waals surface area contributed by atoms with Gasteiger partial charge in [-0.1, -0.05) is 13.8 Å². The number of carbonyl (C=O) groups is 2. The number of rotatable bonds is 6. The number of hydrogen-bond donors (Lipinski definition) is 1. The van der Waals surface area contributed by atoms with E-state index in [9.17, 15) is 9.59 Å². The first-order valence-electron chi connectivity index (χ1n) is 6.17. The van der Waals surface area contributed by atoms with Gasteiger partial charge >= 0.3 is 5.97 Å². The van der Waals surface area contributed by atoms with Crippen molar-refractivity contribution >= 4 is 11.9 Å². The lowest BCUT2D eigenvalue weighted by molar-refractivity contribution is -0.140. The van der Waals surface area contributed by atoms with Crippen LogP contribution >= 0.6 is 0 Å². The maximum absolute atomic E-state index is 12.0. The van der Waals surface area contributed by atoms with Crippen LogP contribution in [0.25, 0.3) is 0 Å². The summed E-state index contributed by atoms with van der Waals surface area (Å²) in [5, 5.41) is 8.69. The quantitative estimate of drug-likeness (QED) is 0.780. The minimum absolute atomic E-state index is 0.00465. The lowest BCUT2D eigenvalue weighted by atomic mass is 10.0. The van der Waals surface area contributed by atoms with Gasteiger partial charge < -0.3 is 10.0 Å². The van der Waals surface area contributed by atoms with Crippen LogP contribution in [0.1, 0.15) is 53.9 Å². The second kappa shape index (κ2) is 6.62. The summed E-state index contributed by atoms with van der Waals surface area (Å²) in [4.78, 5) is 24.3. The van der Waals surface area contributed by atoms with Crippen molar-refractivity contribution in [2.75, 3.05) is 6.54 Å². The summed E-state index contributed by atoms with van der Waals surface area (Å²) >= 11 is 0. The molecular weight excluding hydrogens is 218 g/mol.